The smallest absolute Gasteiger partial charge is 0.307 e. The van der Waals surface area contributed by atoms with E-state index in [2.05, 4.69) is 4.74 Å². The van der Waals surface area contributed by atoms with Crippen molar-refractivity contribution in [1.82, 2.24) is 4.90 Å². The van der Waals surface area contributed by atoms with E-state index in [1.165, 1.54) is 7.11 Å². The third-order valence-corrected chi connectivity index (χ3v) is 2.55. The van der Waals surface area contributed by atoms with Gasteiger partial charge < -0.3 is 9.84 Å². The van der Waals surface area contributed by atoms with Crippen LogP contribution < -0.4 is 0 Å². The molecule has 0 aromatic heterocycles. The van der Waals surface area contributed by atoms with Crippen LogP contribution in [0.3, 0.4) is 0 Å². The molecule has 0 radical (unpaired) electrons. The van der Waals surface area contributed by atoms with Gasteiger partial charge in [0.1, 0.15) is 0 Å². The number of hydrogen-bond donors (Lipinski definition) is 1. The molecular weight excluding hydrogens is 226 g/mol. The normalized spacial score (nSPS) is 19.9. The van der Waals surface area contributed by atoms with Crippen molar-refractivity contribution in [2.24, 2.45) is 0 Å². The van der Waals surface area contributed by atoms with Crippen molar-refractivity contribution in [2.45, 2.75) is 26.4 Å². The molecule has 1 atom stereocenters. The predicted molar refractivity (Wildman–Crippen MR) is 57.7 cm³/mol. The fraction of sp³-hybridized carbons (Fsp3) is 0.545. The Morgan fingerprint density at radius 1 is 1.41 bits per heavy atom. The van der Waals surface area contributed by atoms with Gasteiger partial charge in [0, 0.05) is 6.54 Å². The van der Waals surface area contributed by atoms with Crippen molar-refractivity contribution in [3.05, 3.63) is 11.1 Å². The van der Waals surface area contributed by atoms with Crippen LogP contribution in [0.15, 0.2) is 11.1 Å². The minimum absolute atomic E-state index is 0.0712. The first kappa shape index (κ1) is 13.4. The molecule has 0 aliphatic carbocycles. The Hall–Kier alpha value is -1.69. The number of likely N-dealkylation sites (tertiary alicyclic amines) is 1. The van der Waals surface area contributed by atoms with Crippen LogP contribution in [0.4, 0.5) is 0 Å². The minimum Gasteiger partial charge on any atom is -0.469 e. The molecule has 1 aliphatic heterocycles. The molecule has 1 saturated heterocycles. The maximum absolute atomic E-state index is 11.8. The summed E-state index contributed by atoms with van der Waals surface area (Å²) in [5, 5.41) is 9.61. The second-order valence-corrected chi connectivity index (χ2v) is 3.94. The molecule has 0 bridgehead atoms. The van der Waals surface area contributed by atoms with E-state index in [1.54, 1.807) is 13.8 Å². The van der Waals surface area contributed by atoms with E-state index in [4.69, 9.17) is 0 Å². The first-order valence-corrected chi connectivity index (χ1v) is 5.18. The quantitative estimate of drug-likeness (QED) is 0.413. The van der Waals surface area contributed by atoms with Crippen molar-refractivity contribution in [3.8, 4) is 0 Å². The number of nitrogens with zero attached hydrogens (tertiary/aromatic N) is 1. The summed E-state index contributed by atoms with van der Waals surface area (Å²) in [6.45, 7) is 3.22. The summed E-state index contributed by atoms with van der Waals surface area (Å²) in [7, 11) is 1.23. The van der Waals surface area contributed by atoms with Crippen LogP contribution in [0.25, 0.3) is 0 Å². The Labute approximate surface area is 98.8 Å². The molecule has 0 saturated carbocycles. The largest absolute Gasteiger partial charge is 0.469 e. The van der Waals surface area contributed by atoms with E-state index in [-0.39, 0.29) is 18.5 Å². The number of aliphatic hydroxyl groups is 1. The molecular formula is C11H15NO5. The number of esters is 1. The summed E-state index contributed by atoms with van der Waals surface area (Å²) in [6, 6.07) is 0. The van der Waals surface area contributed by atoms with Gasteiger partial charge in [-0.3, -0.25) is 19.3 Å². The van der Waals surface area contributed by atoms with Crippen molar-refractivity contribution in [1.29, 1.82) is 0 Å². The number of amides is 2. The van der Waals surface area contributed by atoms with Crippen LogP contribution in [0, 0.1) is 0 Å². The van der Waals surface area contributed by atoms with E-state index in [9.17, 15) is 19.5 Å². The van der Waals surface area contributed by atoms with Crippen molar-refractivity contribution < 1.29 is 24.2 Å². The molecule has 2 amide bonds. The fourth-order valence-corrected chi connectivity index (χ4v) is 1.64. The van der Waals surface area contributed by atoms with Crippen LogP contribution in [0.5, 0.6) is 0 Å². The summed E-state index contributed by atoms with van der Waals surface area (Å²) < 4.78 is 4.42. The molecule has 1 heterocycles. The van der Waals surface area contributed by atoms with Gasteiger partial charge in [-0.15, -0.1) is 0 Å². The van der Waals surface area contributed by atoms with Crippen molar-refractivity contribution >= 4 is 17.8 Å². The SMILES string of the molecule is COC(=O)CCN1C(=O)C(=C(C)C)[C@@H](O)C1=O. The first-order valence-electron chi connectivity index (χ1n) is 5.18. The van der Waals surface area contributed by atoms with E-state index >= 15 is 0 Å². The number of aliphatic hydroxyl groups excluding tert-OH is 1. The summed E-state index contributed by atoms with van der Waals surface area (Å²) in [5.41, 5.74) is 0.691. The van der Waals surface area contributed by atoms with Crippen LogP contribution in [-0.4, -0.2) is 47.5 Å². The molecule has 1 fully saturated rings. The predicted octanol–water partition coefficient (Wildman–Crippen LogP) is -0.384. The summed E-state index contributed by atoms with van der Waals surface area (Å²) in [6.07, 6.45) is -1.48. The van der Waals surface area contributed by atoms with Crippen LogP contribution in [0.1, 0.15) is 20.3 Å². The molecule has 6 heteroatoms. The average Bonchev–Trinajstić information content (AvgIpc) is 2.48. The van der Waals surface area contributed by atoms with E-state index in [1.807, 2.05) is 0 Å². The zero-order chi connectivity index (χ0) is 13.2. The molecule has 94 valence electrons. The Bertz CT molecular complexity index is 395. The number of methoxy groups -OCH3 is 1. The number of rotatable bonds is 3. The maximum Gasteiger partial charge on any atom is 0.307 e. The second-order valence-electron chi connectivity index (χ2n) is 3.94. The highest BCUT2D eigenvalue weighted by molar-refractivity contribution is 6.16. The zero-order valence-electron chi connectivity index (χ0n) is 10.0. The fourth-order valence-electron chi connectivity index (χ4n) is 1.64. The molecule has 6 nitrogen and oxygen atoms in total. The van der Waals surface area contributed by atoms with Gasteiger partial charge in [0.2, 0.25) is 0 Å². The summed E-state index contributed by atoms with van der Waals surface area (Å²) in [4.78, 5) is 35.2. The highest BCUT2D eigenvalue weighted by atomic mass is 16.5. The van der Waals surface area contributed by atoms with Crippen molar-refractivity contribution in [3.63, 3.8) is 0 Å². The highest BCUT2D eigenvalue weighted by Gasteiger charge is 2.42. The van der Waals surface area contributed by atoms with Crippen molar-refractivity contribution in [2.75, 3.05) is 13.7 Å². The standard InChI is InChI=1S/C11H15NO5/c1-6(2)8-9(14)11(16)12(10(8)15)5-4-7(13)17-3/h9,14H,4-5H2,1-3H3/t9-/m1/s1. The van der Waals surface area contributed by atoms with E-state index in [0.29, 0.717) is 5.57 Å². The number of imide groups is 1. The topological polar surface area (TPSA) is 83.9 Å². The lowest BCUT2D eigenvalue weighted by molar-refractivity contribution is -0.144. The first-order chi connectivity index (χ1) is 7.90. The molecule has 17 heavy (non-hydrogen) atoms. The van der Waals surface area contributed by atoms with Crippen LogP contribution in [0.2, 0.25) is 0 Å². The third kappa shape index (κ3) is 2.52. The number of hydrogen-bond acceptors (Lipinski definition) is 5. The van der Waals surface area contributed by atoms with Gasteiger partial charge >= 0.3 is 5.97 Å². The van der Waals surface area contributed by atoms with E-state index in [0.717, 1.165) is 4.90 Å². The van der Waals surface area contributed by atoms with Gasteiger partial charge in [0.05, 0.1) is 19.1 Å². The highest BCUT2D eigenvalue weighted by Crippen LogP contribution is 2.22. The van der Waals surface area contributed by atoms with Crippen LogP contribution in [-0.2, 0) is 19.1 Å². The summed E-state index contributed by atoms with van der Waals surface area (Å²) >= 11 is 0. The van der Waals surface area contributed by atoms with Gasteiger partial charge in [-0.25, -0.2) is 0 Å². The van der Waals surface area contributed by atoms with E-state index < -0.39 is 23.9 Å². The third-order valence-electron chi connectivity index (χ3n) is 2.55. The molecule has 0 spiro atoms. The van der Waals surface area contributed by atoms with Gasteiger partial charge in [-0.1, -0.05) is 5.57 Å². The minimum atomic E-state index is -1.41. The van der Waals surface area contributed by atoms with Crippen LogP contribution >= 0.6 is 0 Å². The van der Waals surface area contributed by atoms with Gasteiger partial charge in [0.15, 0.2) is 6.10 Å². The molecule has 1 N–H and O–H groups in total. The molecule has 1 rings (SSSR count). The van der Waals surface area contributed by atoms with Gasteiger partial charge in [-0.05, 0) is 13.8 Å². The zero-order valence-corrected chi connectivity index (χ0v) is 10.0. The number of carbonyl (C=O) groups excluding carboxylic acids is 3. The lowest BCUT2D eigenvalue weighted by Crippen LogP contribution is -2.34. The maximum atomic E-state index is 11.8. The molecule has 0 aromatic rings. The number of allylic oxidation sites excluding steroid dienone is 1. The Morgan fingerprint density at radius 2 is 2.00 bits per heavy atom. The van der Waals surface area contributed by atoms with Gasteiger partial charge in [0.25, 0.3) is 11.8 Å². The number of carbonyl (C=O) groups is 3. The molecule has 0 unspecified atom stereocenters. The lowest BCUT2D eigenvalue weighted by Gasteiger charge is -2.11. The second kappa shape index (κ2) is 5.09. The monoisotopic (exact) mass is 241 g/mol. The molecule has 0 aromatic carbocycles. The Balaban J connectivity index is 2.83. The number of ether oxygens (including phenoxy) is 1. The lowest BCUT2D eigenvalue weighted by atomic mass is 10.1. The Kier molecular flexibility index (Phi) is 4.01. The Morgan fingerprint density at radius 3 is 2.41 bits per heavy atom. The summed E-state index contributed by atoms with van der Waals surface area (Å²) in [5.74, 6) is -1.73. The molecule has 1 aliphatic rings. The average molecular weight is 241 g/mol. The van der Waals surface area contributed by atoms with Gasteiger partial charge in [-0.2, -0.15) is 0 Å².